The third-order valence-electron chi connectivity index (χ3n) is 6.78. The molecule has 0 saturated carbocycles. The number of anilines is 1. The average molecular weight is 518 g/mol. The number of hydrogen-bond acceptors (Lipinski definition) is 4. The van der Waals surface area contributed by atoms with E-state index in [1.807, 2.05) is 45.0 Å². The van der Waals surface area contributed by atoms with Gasteiger partial charge in [-0.25, -0.2) is 0 Å². The molecule has 192 valence electrons. The number of ether oxygens (including phenoxy) is 1. The molecule has 3 aromatic carbocycles. The molecule has 6 heteroatoms. The lowest BCUT2D eigenvalue weighted by Crippen LogP contribution is -2.30. The van der Waals surface area contributed by atoms with Crippen LogP contribution in [0.5, 0.6) is 5.75 Å². The molecule has 37 heavy (non-hydrogen) atoms. The number of carbonyl (C=O) groups excluding carboxylic acids is 2. The predicted octanol–water partition coefficient (Wildman–Crippen LogP) is 7.28. The molecule has 0 radical (unpaired) electrons. The van der Waals surface area contributed by atoms with Crippen LogP contribution in [0, 0.1) is 13.8 Å². The molecular weight excluding hydrogens is 486 g/mol. The minimum absolute atomic E-state index is 0.0384. The third kappa shape index (κ3) is 4.88. The number of carbonyl (C=O) groups is 2. The van der Waals surface area contributed by atoms with Gasteiger partial charge in [-0.3, -0.25) is 14.5 Å². The summed E-state index contributed by atoms with van der Waals surface area (Å²) in [5.41, 5.74) is 4.28. The predicted molar refractivity (Wildman–Crippen MR) is 148 cm³/mol. The lowest BCUT2D eigenvalue weighted by molar-refractivity contribution is -0.132. The van der Waals surface area contributed by atoms with Crippen LogP contribution in [0.4, 0.5) is 5.69 Å². The monoisotopic (exact) mass is 517 g/mol. The molecule has 0 spiro atoms. The van der Waals surface area contributed by atoms with E-state index in [0.29, 0.717) is 34.2 Å². The quantitative estimate of drug-likeness (QED) is 0.219. The highest BCUT2D eigenvalue weighted by Gasteiger charge is 2.47. The Morgan fingerprint density at radius 2 is 1.70 bits per heavy atom. The third-order valence-corrected chi connectivity index (χ3v) is 7.19. The fourth-order valence-corrected chi connectivity index (χ4v) is 4.86. The molecule has 1 fully saturated rings. The van der Waals surface area contributed by atoms with Crippen molar-refractivity contribution < 1.29 is 19.4 Å². The number of aryl methyl sites for hydroxylation is 1. The first-order valence-corrected chi connectivity index (χ1v) is 12.7. The largest absolute Gasteiger partial charge is 0.507 e. The molecule has 0 aromatic heterocycles. The van der Waals surface area contributed by atoms with Gasteiger partial charge in [-0.15, -0.1) is 0 Å². The van der Waals surface area contributed by atoms with Gasteiger partial charge in [-0.1, -0.05) is 62.7 Å². The zero-order valence-electron chi connectivity index (χ0n) is 22.1. The molecule has 3 aromatic rings. The Kier molecular flexibility index (Phi) is 7.20. The maximum atomic E-state index is 13.5. The average Bonchev–Trinajstić information content (AvgIpc) is 3.11. The number of aliphatic hydroxyl groups is 1. The summed E-state index contributed by atoms with van der Waals surface area (Å²) in [6.07, 6.45) is 0. The number of hydrogen-bond donors (Lipinski definition) is 1. The van der Waals surface area contributed by atoms with Gasteiger partial charge < -0.3 is 9.84 Å². The highest BCUT2D eigenvalue weighted by atomic mass is 35.5. The summed E-state index contributed by atoms with van der Waals surface area (Å²) >= 11 is 6.40. The van der Waals surface area contributed by atoms with E-state index in [9.17, 15) is 14.7 Å². The Balaban J connectivity index is 1.94. The van der Waals surface area contributed by atoms with Crippen molar-refractivity contribution in [1.82, 2.24) is 0 Å². The number of aliphatic hydroxyl groups excluding tert-OH is 1. The van der Waals surface area contributed by atoms with Crippen molar-refractivity contribution in [3.63, 3.8) is 0 Å². The number of rotatable bonds is 5. The van der Waals surface area contributed by atoms with E-state index in [2.05, 4.69) is 20.8 Å². The maximum Gasteiger partial charge on any atom is 0.300 e. The minimum atomic E-state index is -0.821. The zero-order chi connectivity index (χ0) is 27.1. The van der Waals surface area contributed by atoms with Crippen molar-refractivity contribution in [3.05, 3.63) is 99.1 Å². The topological polar surface area (TPSA) is 66.8 Å². The van der Waals surface area contributed by atoms with Gasteiger partial charge in [0.1, 0.15) is 11.5 Å². The van der Waals surface area contributed by atoms with E-state index >= 15 is 0 Å². The van der Waals surface area contributed by atoms with Crippen molar-refractivity contribution >= 4 is 34.7 Å². The number of benzene rings is 3. The van der Waals surface area contributed by atoms with Crippen molar-refractivity contribution in [3.8, 4) is 5.75 Å². The molecule has 0 aliphatic carbocycles. The van der Waals surface area contributed by atoms with Crippen LogP contribution in [-0.2, 0) is 15.0 Å². The smallest absolute Gasteiger partial charge is 0.300 e. The molecule has 1 atom stereocenters. The van der Waals surface area contributed by atoms with Crippen molar-refractivity contribution in [2.45, 2.75) is 53.0 Å². The van der Waals surface area contributed by atoms with Gasteiger partial charge in [0.05, 0.1) is 18.2 Å². The molecule has 1 aliphatic rings. The first-order chi connectivity index (χ1) is 17.5. The van der Waals surface area contributed by atoms with Crippen LogP contribution >= 0.6 is 11.6 Å². The molecule has 4 rings (SSSR count). The number of ketones is 1. The van der Waals surface area contributed by atoms with Crippen molar-refractivity contribution in [1.29, 1.82) is 0 Å². The first-order valence-electron chi connectivity index (χ1n) is 12.4. The van der Waals surface area contributed by atoms with Crippen LogP contribution < -0.4 is 9.64 Å². The van der Waals surface area contributed by atoms with Crippen molar-refractivity contribution in [2.75, 3.05) is 11.5 Å². The molecule has 1 N–H and O–H groups in total. The Morgan fingerprint density at radius 1 is 1.03 bits per heavy atom. The number of amides is 1. The first kappa shape index (κ1) is 26.5. The fraction of sp³-hybridized carbons (Fsp3) is 0.290. The highest BCUT2D eigenvalue weighted by molar-refractivity contribution is 6.52. The van der Waals surface area contributed by atoms with E-state index in [1.54, 1.807) is 36.4 Å². The van der Waals surface area contributed by atoms with Gasteiger partial charge >= 0.3 is 0 Å². The van der Waals surface area contributed by atoms with Gasteiger partial charge in [0.15, 0.2) is 0 Å². The second kappa shape index (κ2) is 10.1. The number of Topliss-reactive ketones (excluding diaryl/α,β-unsaturated/α-hetero) is 1. The van der Waals surface area contributed by atoms with Crippen LogP contribution in [0.25, 0.3) is 5.76 Å². The summed E-state index contributed by atoms with van der Waals surface area (Å²) in [6, 6.07) is 17.5. The lowest BCUT2D eigenvalue weighted by atomic mass is 9.85. The van der Waals surface area contributed by atoms with E-state index < -0.39 is 17.7 Å². The Labute approximate surface area is 223 Å². The van der Waals surface area contributed by atoms with E-state index in [-0.39, 0.29) is 16.7 Å². The van der Waals surface area contributed by atoms with Gasteiger partial charge in [-0.05, 0) is 78.8 Å². The molecule has 1 saturated heterocycles. The van der Waals surface area contributed by atoms with Gasteiger partial charge in [0.2, 0.25) is 0 Å². The standard InChI is InChI=1S/C31H32ClNO4/c1-7-37-25-16-13-21(17-18(25)2)28(34)26-27(20-11-14-22(15-12-20)31(4,5)6)33(30(36)29(26)35)24-10-8-9-23(32)19(24)3/h8-17,27,34H,7H2,1-6H3/b28-26+. The Hall–Kier alpha value is -3.57. The minimum Gasteiger partial charge on any atom is -0.507 e. The SMILES string of the molecule is CCOc1ccc(/C(O)=C2\C(=O)C(=O)N(c3cccc(Cl)c3C)C2c2ccc(C(C)(C)C)cc2)cc1C. The summed E-state index contributed by atoms with van der Waals surface area (Å²) in [5, 5.41) is 12.0. The van der Waals surface area contributed by atoms with Crippen LogP contribution in [0.1, 0.15) is 61.6 Å². The fourth-order valence-electron chi connectivity index (χ4n) is 4.69. The molecule has 1 aliphatic heterocycles. The molecule has 1 amide bonds. The Morgan fingerprint density at radius 3 is 2.30 bits per heavy atom. The summed E-state index contributed by atoms with van der Waals surface area (Å²) in [6.45, 7) is 12.5. The number of nitrogens with zero attached hydrogens (tertiary/aromatic N) is 1. The highest BCUT2D eigenvalue weighted by Crippen LogP contribution is 2.44. The summed E-state index contributed by atoms with van der Waals surface area (Å²) in [4.78, 5) is 28.4. The summed E-state index contributed by atoms with van der Waals surface area (Å²) in [5.74, 6) is -0.979. The lowest BCUT2D eigenvalue weighted by Gasteiger charge is -2.28. The Bertz CT molecular complexity index is 1400. The molecule has 5 nitrogen and oxygen atoms in total. The second-order valence-corrected chi connectivity index (χ2v) is 10.7. The number of halogens is 1. The maximum absolute atomic E-state index is 13.5. The van der Waals surface area contributed by atoms with Crippen molar-refractivity contribution in [2.24, 2.45) is 0 Å². The second-order valence-electron chi connectivity index (χ2n) is 10.3. The van der Waals surface area contributed by atoms with E-state index in [1.165, 1.54) is 4.90 Å². The molecule has 1 heterocycles. The zero-order valence-corrected chi connectivity index (χ0v) is 22.8. The molecular formula is C31H32ClNO4. The summed E-state index contributed by atoms with van der Waals surface area (Å²) < 4.78 is 5.62. The van der Waals surface area contributed by atoms with Crippen LogP contribution in [0.15, 0.2) is 66.2 Å². The van der Waals surface area contributed by atoms with Gasteiger partial charge in [0.25, 0.3) is 11.7 Å². The van der Waals surface area contributed by atoms with Crippen LogP contribution in [0.3, 0.4) is 0 Å². The molecule has 0 bridgehead atoms. The van der Waals surface area contributed by atoms with Gasteiger partial charge in [-0.2, -0.15) is 0 Å². The molecule has 1 unspecified atom stereocenters. The van der Waals surface area contributed by atoms with E-state index in [0.717, 1.165) is 16.7 Å². The van der Waals surface area contributed by atoms with Gasteiger partial charge in [0, 0.05) is 16.3 Å². The van der Waals surface area contributed by atoms with E-state index in [4.69, 9.17) is 16.3 Å². The van der Waals surface area contributed by atoms with Crippen LogP contribution in [-0.4, -0.2) is 23.4 Å². The normalized spacial score (nSPS) is 17.4. The van der Waals surface area contributed by atoms with Crippen LogP contribution in [0.2, 0.25) is 5.02 Å². The summed E-state index contributed by atoms with van der Waals surface area (Å²) in [7, 11) is 0.